The van der Waals surface area contributed by atoms with Crippen LogP contribution in [0, 0.1) is 11.8 Å². The van der Waals surface area contributed by atoms with E-state index in [9.17, 15) is 8.78 Å². The predicted octanol–water partition coefficient (Wildman–Crippen LogP) is 0.577. The molecule has 2 unspecified atom stereocenters. The van der Waals surface area contributed by atoms with Gasteiger partial charge in [-0.15, -0.1) is 0 Å². The van der Waals surface area contributed by atoms with Crippen LogP contribution in [0.2, 0.25) is 0 Å². The fraction of sp³-hybridized carbons (Fsp3) is 0.500. The molecule has 2 atom stereocenters. The number of nitrogens with zero attached hydrogens (tertiary/aromatic N) is 2. The van der Waals surface area contributed by atoms with Crippen LogP contribution in [0.3, 0.4) is 0 Å². The molecule has 0 aromatic carbocycles. The van der Waals surface area contributed by atoms with E-state index < -0.39 is 17.8 Å². The lowest BCUT2D eigenvalue weighted by molar-refractivity contribution is 0.0797. The summed E-state index contributed by atoms with van der Waals surface area (Å²) in [7, 11) is 5.50. The van der Waals surface area contributed by atoms with E-state index >= 15 is 0 Å². The second-order valence-corrected chi connectivity index (χ2v) is 4.24. The largest absolute Gasteiger partial charge is 0.356 e. The van der Waals surface area contributed by atoms with Crippen molar-refractivity contribution in [1.29, 1.82) is 0 Å². The van der Waals surface area contributed by atoms with E-state index in [1.54, 1.807) is 18.3 Å². The first-order valence-electron chi connectivity index (χ1n) is 4.93. The van der Waals surface area contributed by atoms with Gasteiger partial charge in [-0.25, -0.2) is 13.8 Å². The average Bonchev–Trinajstić information content (AvgIpc) is 2.64. The smallest absolute Gasteiger partial charge is 0.258 e. The Hall–Kier alpha value is -1.13. The van der Waals surface area contributed by atoms with Crippen molar-refractivity contribution in [1.82, 2.24) is 4.98 Å². The highest BCUT2D eigenvalue weighted by atomic mass is 19.3. The molecule has 1 aliphatic heterocycles. The number of hydrogen-bond acceptors (Lipinski definition) is 2. The van der Waals surface area contributed by atoms with E-state index in [0.29, 0.717) is 18.6 Å². The minimum atomic E-state index is -2.43. The molecule has 15 heavy (non-hydrogen) atoms. The highest BCUT2D eigenvalue weighted by Crippen LogP contribution is 2.59. The molecular formula is C10H9BF2N2. The lowest BCUT2D eigenvalue weighted by atomic mass is 9.99. The van der Waals surface area contributed by atoms with E-state index in [4.69, 9.17) is 7.85 Å². The van der Waals surface area contributed by atoms with Gasteiger partial charge in [0.2, 0.25) is 0 Å². The normalized spacial score (nSPS) is 31.5. The summed E-state index contributed by atoms with van der Waals surface area (Å²) in [5.41, 5.74) is 0.591. The number of rotatable bonds is 1. The van der Waals surface area contributed by atoms with Gasteiger partial charge in [0.05, 0.1) is 11.8 Å². The van der Waals surface area contributed by atoms with E-state index in [1.807, 2.05) is 4.90 Å². The summed E-state index contributed by atoms with van der Waals surface area (Å²) >= 11 is 0. The minimum Gasteiger partial charge on any atom is -0.356 e. The lowest BCUT2D eigenvalue weighted by Crippen LogP contribution is -2.28. The first-order chi connectivity index (χ1) is 7.09. The van der Waals surface area contributed by atoms with Gasteiger partial charge in [0, 0.05) is 19.3 Å². The quantitative estimate of drug-likeness (QED) is 0.624. The van der Waals surface area contributed by atoms with Crippen molar-refractivity contribution in [3.8, 4) is 0 Å². The van der Waals surface area contributed by atoms with Crippen LogP contribution in [0.25, 0.3) is 0 Å². The number of anilines is 1. The zero-order valence-electron chi connectivity index (χ0n) is 8.03. The van der Waals surface area contributed by atoms with Gasteiger partial charge in [0.25, 0.3) is 5.92 Å². The van der Waals surface area contributed by atoms with Crippen LogP contribution in [-0.2, 0) is 0 Å². The third-order valence-corrected chi connectivity index (χ3v) is 3.29. The summed E-state index contributed by atoms with van der Waals surface area (Å²) in [6.07, 6.45) is 1.55. The molecule has 1 saturated heterocycles. The summed E-state index contributed by atoms with van der Waals surface area (Å²) in [4.78, 5) is 6.01. The molecule has 0 amide bonds. The molecule has 5 heteroatoms. The molecule has 1 saturated carbocycles. The number of fused-ring (bicyclic) bond motifs is 1. The molecule has 0 spiro atoms. The number of hydrogen-bond donors (Lipinski definition) is 0. The molecule has 2 radical (unpaired) electrons. The third kappa shape index (κ3) is 1.25. The maximum Gasteiger partial charge on any atom is 0.258 e. The zero-order chi connectivity index (χ0) is 10.6. The Morgan fingerprint density at radius 3 is 2.53 bits per heavy atom. The van der Waals surface area contributed by atoms with E-state index in [2.05, 4.69) is 4.98 Å². The number of pyridine rings is 1. The number of halogens is 2. The van der Waals surface area contributed by atoms with Gasteiger partial charge in [-0.1, -0.05) is 11.5 Å². The first kappa shape index (κ1) is 9.13. The standard InChI is InChI=1S/C10H9BF2N2/c11-6-1-2-9(14-3-6)15-4-7-8(5-15)10(7,12)13/h1-3,7-8H,4-5H2. The highest BCUT2D eigenvalue weighted by Gasteiger charge is 2.71. The molecule has 1 aromatic rings. The van der Waals surface area contributed by atoms with Crippen molar-refractivity contribution < 1.29 is 8.78 Å². The van der Waals surface area contributed by atoms with Crippen LogP contribution in [0.5, 0.6) is 0 Å². The average molecular weight is 206 g/mol. The maximum absolute atomic E-state index is 12.9. The van der Waals surface area contributed by atoms with Crippen LogP contribution in [-0.4, -0.2) is 31.8 Å². The van der Waals surface area contributed by atoms with Crippen molar-refractivity contribution in [2.45, 2.75) is 5.92 Å². The molecule has 3 rings (SSSR count). The summed E-state index contributed by atoms with van der Waals surface area (Å²) in [6.45, 7) is 0.823. The number of alkyl halides is 2. The third-order valence-electron chi connectivity index (χ3n) is 3.29. The lowest BCUT2D eigenvalue weighted by Gasteiger charge is -2.20. The molecule has 2 aliphatic rings. The number of piperidine rings is 1. The maximum atomic E-state index is 12.9. The monoisotopic (exact) mass is 206 g/mol. The minimum absolute atomic E-state index is 0.411. The summed E-state index contributed by atoms with van der Waals surface area (Å²) < 4.78 is 25.9. The Bertz CT molecular complexity index is 379. The fourth-order valence-corrected chi connectivity index (χ4v) is 2.28. The zero-order valence-corrected chi connectivity index (χ0v) is 8.03. The van der Waals surface area contributed by atoms with Gasteiger partial charge >= 0.3 is 0 Å². The summed E-state index contributed by atoms with van der Waals surface area (Å²) in [6, 6.07) is 3.52. The molecular weight excluding hydrogens is 197 g/mol. The second-order valence-electron chi connectivity index (χ2n) is 4.24. The van der Waals surface area contributed by atoms with Gasteiger partial charge in [0.1, 0.15) is 13.7 Å². The Morgan fingerprint density at radius 1 is 1.33 bits per heavy atom. The van der Waals surface area contributed by atoms with E-state index in [1.165, 1.54) is 0 Å². The molecule has 1 aliphatic carbocycles. The topological polar surface area (TPSA) is 16.1 Å². The van der Waals surface area contributed by atoms with Crippen molar-refractivity contribution >= 4 is 19.1 Å². The van der Waals surface area contributed by atoms with Crippen molar-refractivity contribution in [3.05, 3.63) is 18.3 Å². The van der Waals surface area contributed by atoms with E-state index in [-0.39, 0.29) is 0 Å². The van der Waals surface area contributed by atoms with Crippen LogP contribution in [0.15, 0.2) is 18.3 Å². The van der Waals surface area contributed by atoms with E-state index in [0.717, 1.165) is 5.82 Å². The van der Waals surface area contributed by atoms with Gasteiger partial charge in [-0.3, -0.25) is 0 Å². The highest BCUT2D eigenvalue weighted by molar-refractivity contribution is 6.32. The molecule has 0 bridgehead atoms. The number of aromatic nitrogens is 1. The predicted molar refractivity (Wildman–Crippen MR) is 53.8 cm³/mol. The van der Waals surface area contributed by atoms with Gasteiger partial charge in [-0.2, -0.15) is 0 Å². The van der Waals surface area contributed by atoms with Gasteiger partial charge in [0.15, 0.2) is 0 Å². The Kier molecular flexibility index (Phi) is 1.65. The first-order valence-corrected chi connectivity index (χ1v) is 4.93. The van der Waals surface area contributed by atoms with Gasteiger partial charge < -0.3 is 4.90 Å². The SMILES string of the molecule is [B]c1ccc(N2CC3C(C2)C3(F)F)nc1. The van der Waals surface area contributed by atoms with Gasteiger partial charge in [-0.05, 0) is 6.07 Å². The van der Waals surface area contributed by atoms with Crippen LogP contribution >= 0.6 is 0 Å². The Morgan fingerprint density at radius 2 is 2.00 bits per heavy atom. The van der Waals surface area contributed by atoms with Crippen LogP contribution in [0.4, 0.5) is 14.6 Å². The Balaban J connectivity index is 1.75. The molecule has 2 nitrogen and oxygen atoms in total. The second kappa shape index (κ2) is 2.71. The Labute approximate surface area is 87.7 Å². The van der Waals surface area contributed by atoms with Crippen molar-refractivity contribution in [2.75, 3.05) is 18.0 Å². The van der Waals surface area contributed by atoms with Crippen molar-refractivity contribution in [2.24, 2.45) is 11.8 Å². The van der Waals surface area contributed by atoms with Crippen LogP contribution in [0.1, 0.15) is 0 Å². The van der Waals surface area contributed by atoms with Crippen molar-refractivity contribution in [3.63, 3.8) is 0 Å². The summed E-state index contributed by atoms with van der Waals surface area (Å²) in [5, 5.41) is 0. The molecule has 76 valence electrons. The van der Waals surface area contributed by atoms with Crippen LogP contribution < -0.4 is 10.4 Å². The molecule has 0 N–H and O–H groups in total. The molecule has 1 aromatic heterocycles. The fourth-order valence-electron chi connectivity index (χ4n) is 2.28. The molecule has 2 fully saturated rings. The summed E-state index contributed by atoms with van der Waals surface area (Å²) in [5.74, 6) is -2.61. The molecule has 2 heterocycles.